The van der Waals surface area contributed by atoms with Crippen molar-refractivity contribution in [1.82, 2.24) is 10.3 Å². The summed E-state index contributed by atoms with van der Waals surface area (Å²) in [4.78, 5) is 17.8. The fourth-order valence-electron chi connectivity index (χ4n) is 2.41. The van der Waals surface area contributed by atoms with E-state index in [4.69, 9.17) is 11.6 Å². The number of nitrogens with zero attached hydrogens (tertiary/aromatic N) is 1. The van der Waals surface area contributed by atoms with Gasteiger partial charge in [0.05, 0.1) is 11.7 Å². The minimum Gasteiger partial charge on any atom is -0.345 e. The summed E-state index contributed by atoms with van der Waals surface area (Å²) in [6, 6.07) is 17.3. The smallest absolute Gasteiger partial charge is 0.263 e. The van der Waals surface area contributed by atoms with Gasteiger partial charge >= 0.3 is 0 Å². The van der Waals surface area contributed by atoms with Crippen molar-refractivity contribution in [3.05, 3.63) is 75.8 Å². The number of hydrogen-bond donors (Lipinski definition) is 1. The number of thiazole rings is 1. The van der Waals surface area contributed by atoms with Gasteiger partial charge in [0.15, 0.2) is 0 Å². The molecule has 0 aliphatic heterocycles. The Morgan fingerprint density at radius 2 is 1.79 bits per heavy atom. The van der Waals surface area contributed by atoms with Crippen LogP contribution in [0.1, 0.15) is 33.9 Å². The first kappa shape index (κ1) is 16.7. The normalized spacial score (nSPS) is 12.0. The third-order valence-electron chi connectivity index (χ3n) is 3.74. The molecule has 1 amide bonds. The van der Waals surface area contributed by atoms with Crippen LogP contribution in [0.25, 0.3) is 10.6 Å². The lowest BCUT2D eigenvalue weighted by Crippen LogP contribution is -2.26. The van der Waals surface area contributed by atoms with E-state index in [0.717, 1.165) is 21.8 Å². The minimum absolute atomic E-state index is 0.0563. The molecule has 122 valence electrons. The lowest BCUT2D eigenvalue weighted by molar-refractivity contribution is 0.0943. The van der Waals surface area contributed by atoms with Crippen LogP contribution in [-0.4, -0.2) is 10.9 Å². The molecular formula is C19H17ClN2OS. The second-order valence-electron chi connectivity index (χ2n) is 5.55. The molecular weight excluding hydrogens is 340 g/mol. The summed E-state index contributed by atoms with van der Waals surface area (Å²) >= 11 is 7.32. The van der Waals surface area contributed by atoms with E-state index in [9.17, 15) is 4.79 Å². The van der Waals surface area contributed by atoms with Gasteiger partial charge in [0.1, 0.15) is 9.88 Å². The van der Waals surface area contributed by atoms with Crippen LogP contribution in [0.4, 0.5) is 0 Å². The molecule has 0 fully saturated rings. The molecule has 0 saturated carbocycles. The van der Waals surface area contributed by atoms with Crippen LogP contribution in [0.3, 0.4) is 0 Å². The number of nitrogens with one attached hydrogen (secondary N) is 1. The molecule has 24 heavy (non-hydrogen) atoms. The molecule has 0 bridgehead atoms. The lowest BCUT2D eigenvalue weighted by atomic mass is 10.1. The first-order valence-corrected chi connectivity index (χ1v) is 8.83. The van der Waals surface area contributed by atoms with Crippen molar-refractivity contribution in [2.24, 2.45) is 0 Å². The standard InChI is InChI=1S/C19H17ClN2OS/c1-12(14-6-4-3-5-7-14)21-18(23)17-13(2)22-19(24-17)15-8-10-16(20)11-9-15/h3-12H,1-2H3,(H,21,23). The van der Waals surface area contributed by atoms with Gasteiger partial charge in [0.25, 0.3) is 5.91 Å². The van der Waals surface area contributed by atoms with Gasteiger partial charge in [-0.05, 0) is 31.5 Å². The number of benzene rings is 2. The van der Waals surface area contributed by atoms with E-state index < -0.39 is 0 Å². The van der Waals surface area contributed by atoms with Crippen LogP contribution >= 0.6 is 22.9 Å². The van der Waals surface area contributed by atoms with Crippen LogP contribution in [0.2, 0.25) is 5.02 Å². The van der Waals surface area contributed by atoms with Gasteiger partial charge in [-0.25, -0.2) is 4.98 Å². The second kappa shape index (κ2) is 7.16. The molecule has 3 aromatic rings. The fraction of sp³-hybridized carbons (Fsp3) is 0.158. The van der Waals surface area contributed by atoms with E-state index in [0.29, 0.717) is 9.90 Å². The van der Waals surface area contributed by atoms with E-state index in [-0.39, 0.29) is 11.9 Å². The molecule has 0 spiro atoms. The zero-order valence-corrected chi connectivity index (χ0v) is 15.0. The summed E-state index contributed by atoms with van der Waals surface area (Å²) in [5.74, 6) is -0.0958. The molecule has 1 aromatic heterocycles. The van der Waals surface area contributed by atoms with Crippen LogP contribution in [0, 0.1) is 6.92 Å². The molecule has 1 heterocycles. The molecule has 5 heteroatoms. The molecule has 3 nitrogen and oxygen atoms in total. The lowest BCUT2D eigenvalue weighted by Gasteiger charge is -2.13. The zero-order chi connectivity index (χ0) is 17.1. The van der Waals surface area contributed by atoms with Gasteiger partial charge in [0.2, 0.25) is 0 Å². The summed E-state index contributed by atoms with van der Waals surface area (Å²) in [7, 11) is 0. The Kier molecular flexibility index (Phi) is 4.97. The van der Waals surface area contributed by atoms with Gasteiger partial charge in [0, 0.05) is 10.6 Å². The van der Waals surface area contributed by atoms with E-state index in [1.54, 1.807) is 0 Å². The highest BCUT2D eigenvalue weighted by atomic mass is 35.5. The monoisotopic (exact) mass is 356 g/mol. The Balaban J connectivity index is 1.79. The third-order valence-corrected chi connectivity index (χ3v) is 5.20. The molecule has 0 saturated heterocycles. The first-order valence-electron chi connectivity index (χ1n) is 7.64. The predicted molar refractivity (Wildman–Crippen MR) is 99.6 cm³/mol. The average Bonchev–Trinajstić information content (AvgIpc) is 2.98. The number of amides is 1. The van der Waals surface area contributed by atoms with E-state index in [2.05, 4.69) is 10.3 Å². The molecule has 1 N–H and O–H groups in total. The summed E-state index contributed by atoms with van der Waals surface area (Å²) in [5.41, 5.74) is 2.77. The van der Waals surface area contributed by atoms with Crippen LogP contribution in [-0.2, 0) is 0 Å². The molecule has 3 rings (SSSR count). The van der Waals surface area contributed by atoms with Crippen LogP contribution < -0.4 is 5.32 Å². The highest BCUT2D eigenvalue weighted by Crippen LogP contribution is 2.29. The third kappa shape index (κ3) is 3.66. The summed E-state index contributed by atoms with van der Waals surface area (Å²) < 4.78 is 0. The van der Waals surface area contributed by atoms with Crippen molar-refractivity contribution in [2.45, 2.75) is 19.9 Å². The fourth-order valence-corrected chi connectivity index (χ4v) is 3.51. The second-order valence-corrected chi connectivity index (χ2v) is 6.98. The molecule has 0 aliphatic carbocycles. The van der Waals surface area contributed by atoms with E-state index in [1.807, 2.05) is 68.4 Å². The predicted octanol–water partition coefficient (Wildman–Crippen LogP) is 5.26. The van der Waals surface area contributed by atoms with Gasteiger partial charge in [-0.3, -0.25) is 4.79 Å². The van der Waals surface area contributed by atoms with Crippen molar-refractivity contribution in [1.29, 1.82) is 0 Å². The van der Waals surface area contributed by atoms with Crippen molar-refractivity contribution < 1.29 is 4.79 Å². The van der Waals surface area contributed by atoms with E-state index >= 15 is 0 Å². The Labute approximate surface area is 150 Å². The number of aromatic nitrogens is 1. The number of rotatable bonds is 4. The highest BCUT2D eigenvalue weighted by Gasteiger charge is 2.18. The minimum atomic E-state index is -0.0958. The number of halogens is 1. The average molecular weight is 357 g/mol. The maximum Gasteiger partial charge on any atom is 0.263 e. The van der Waals surface area contributed by atoms with Gasteiger partial charge in [-0.1, -0.05) is 54.1 Å². The Morgan fingerprint density at radius 3 is 2.46 bits per heavy atom. The zero-order valence-electron chi connectivity index (χ0n) is 13.4. The quantitative estimate of drug-likeness (QED) is 0.692. The maximum absolute atomic E-state index is 12.6. The molecule has 0 aliphatic rings. The maximum atomic E-state index is 12.6. The van der Waals surface area contributed by atoms with Gasteiger partial charge in [-0.15, -0.1) is 11.3 Å². The number of carbonyl (C=O) groups excluding carboxylic acids is 1. The highest BCUT2D eigenvalue weighted by molar-refractivity contribution is 7.17. The first-order chi connectivity index (χ1) is 11.5. The molecule has 2 aromatic carbocycles. The number of carbonyl (C=O) groups is 1. The molecule has 1 unspecified atom stereocenters. The van der Waals surface area contributed by atoms with Crippen LogP contribution in [0.15, 0.2) is 54.6 Å². The Morgan fingerprint density at radius 1 is 1.12 bits per heavy atom. The largest absolute Gasteiger partial charge is 0.345 e. The summed E-state index contributed by atoms with van der Waals surface area (Å²) in [6.45, 7) is 3.84. The van der Waals surface area contributed by atoms with E-state index in [1.165, 1.54) is 11.3 Å². The van der Waals surface area contributed by atoms with Gasteiger partial charge in [-0.2, -0.15) is 0 Å². The topological polar surface area (TPSA) is 42.0 Å². The van der Waals surface area contributed by atoms with Crippen molar-refractivity contribution in [3.8, 4) is 10.6 Å². The van der Waals surface area contributed by atoms with Crippen molar-refractivity contribution >= 4 is 28.8 Å². The summed E-state index contributed by atoms with van der Waals surface area (Å²) in [6.07, 6.45) is 0. The van der Waals surface area contributed by atoms with Crippen LogP contribution in [0.5, 0.6) is 0 Å². The molecule has 0 radical (unpaired) electrons. The van der Waals surface area contributed by atoms with Crippen molar-refractivity contribution in [2.75, 3.05) is 0 Å². The molecule has 1 atom stereocenters. The Hall–Kier alpha value is -2.17. The number of aryl methyl sites for hydroxylation is 1. The summed E-state index contributed by atoms with van der Waals surface area (Å²) in [5, 5.41) is 4.54. The SMILES string of the molecule is Cc1nc(-c2ccc(Cl)cc2)sc1C(=O)NC(C)c1ccccc1. The van der Waals surface area contributed by atoms with Crippen molar-refractivity contribution in [3.63, 3.8) is 0 Å². The number of hydrogen-bond acceptors (Lipinski definition) is 3. The Bertz CT molecular complexity index is 844. The van der Waals surface area contributed by atoms with Gasteiger partial charge < -0.3 is 5.32 Å².